The van der Waals surface area contributed by atoms with Crippen LogP contribution in [0, 0.1) is 5.92 Å². The Morgan fingerprint density at radius 1 is 1.55 bits per heavy atom. The molecule has 1 rings (SSSR count). The van der Waals surface area contributed by atoms with Crippen LogP contribution >= 0.6 is 0 Å². The second-order valence-electron chi connectivity index (χ2n) is 3.62. The van der Waals surface area contributed by atoms with Gasteiger partial charge in [-0.25, -0.2) is 0 Å². The monoisotopic (exact) mass is 153 g/mol. The van der Waals surface area contributed by atoms with E-state index in [9.17, 15) is 0 Å². The molecule has 1 atom stereocenters. The first kappa shape index (κ1) is 8.79. The van der Waals surface area contributed by atoms with Crippen molar-refractivity contribution >= 4 is 0 Å². The van der Waals surface area contributed by atoms with E-state index in [1.54, 1.807) is 5.57 Å². The predicted octanol–water partition coefficient (Wildman–Crippen LogP) is 2.47. The van der Waals surface area contributed by atoms with Crippen molar-refractivity contribution < 1.29 is 0 Å². The average Bonchev–Trinajstić information content (AvgIpc) is 1.98. The quantitative estimate of drug-likeness (QED) is 0.575. The minimum Gasteiger partial charge on any atom is -0.330 e. The number of hydrogen-bond donors (Lipinski definition) is 1. The molecule has 0 aromatic rings. The summed E-state index contributed by atoms with van der Waals surface area (Å²) in [4.78, 5) is 0. The Morgan fingerprint density at radius 2 is 2.36 bits per heavy atom. The van der Waals surface area contributed by atoms with Crippen molar-refractivity contribution in [1.29, 1.82) is 0 Å². The molecule has 0 saturated heterocycles. The van der Waals surface area contributed by atoms with E-state index in [1.807, 2.05) is 0 Å². The first-order valence-corrected chi connectivity index (χ1v) is 4.68. The fourth-order valence-corrected chi connectivity index (χ4v) is 1.67. The molecule has 1 nitrogen and oxygen atoms in total. The van der Waals surface area contributed by atoms with Gasteiger partial charge in [-0.2, -0.15) is 0 Å². The highest BCUT2D eigenvalue weighted by atomic mass is 14.5. The van der Waals surface area contributed by atoms with Crippen LogP contribution in [-0.2, 0) is 0 Å². The molecule has 0 aromatic heterocycles. The number of allylic oxidation sites excluding steroid dienone is 2. The van der Waals surface area contributed by atoms with Gasteiger partial charge in [0.25, 0.3) is 0 Å². The highest BCUT2D eigenvalue weighted by Crippen LogP contribution is 2.20. The maximum absolute atomic E-state index is 5.65. The van der Waals surface area contributed by atoms with E-state index in [2.05, 4.69) is 13.0 Å². The molecular weight excluding hydrogens is 134 g/mol. The van der Waals surface area contributed by atoms with Crippen LogP contribution in [0.5, 0.6) is 0 Å². The van der Waals surface area contributed by atoms with Gasteiger partial charge in [0.1, 0.15) is 0 Å². The average molecular weight is 153 g/mol. The molecule has 0 aliphatic heterocycles. The van der Waals surface area contributed by atoms with Gasteiger partial charge in [-0.05, 0) is 51.5 Å². The summed E-state index contributed by atoms with van der Waals surface area (Å²) in [6, 6.07) is 0. The second kappa shape index (κ2) is 4.55. The Bertz CT molecular complexity index is 138. The van der Waals surface area contributed by atoms with Crippen molar-refractivity contribution in [1.82, 2.24) is 0 Å². The van der Waals surface area contributed by atoms with Gasteiger partial charge in [-0.15, -0.1) is 0 Å². The van der Waals surface area contributed by atoms with Crippen LogP contribution < -0.4 is 5.73 Å². The Kier molecular flexibility index (Phi) is 3.64. The van der Waals surface area contributed by atoms with Gasteiger partial charge in [-0.1, -0.05) is 11.6 Å². The van der Waals surface area contributed by atoms with E-state index in [1.165, 1.54) is 32.1 Å². The summed E-state index contributed by atoms with van der Waals surface area (Å²) in [5, 5.41) is 0. The molecule has 0 spiro atoms. The minimum atomic E-state index is 0.790. The highest BCUT2D eigenvalue weighted by molar-refractivity contribution is 4.99. The molecule has 1 aliphatic rings. The number of rotatable bonds is 1. The van der Waals surface area contributed by atoms with Crippen molar-refractivity contribution in [3.05, 3.63) is 11.6 Å². The SMILES string of the molecule is C/C1=C\CCCC(CN)CC1. The normalized spacial score (nSPS) is 31.8. The predicted molar refractivity (Wildman–Crippen MR) is 49.4 cm³/mol. The molecule has 1 unspecified atom stereocenters. The molecule has 2 N–H and O–H groups in total. The summed E-state index contributed by atoms with van der Waals surface area (Å²) in [5.41, 5.74) is 7.21. The van der Waals surface area contributed by atoms with Crippen LogP contribution in [0.25, 0.3) is 0 Å². The smallest absolute Gasteiger partial charge is 0.00488 e. The van der Waals surface area contributed by atoms with Gasteiger partial charge < -0.3 is 5.73 Å². The lowest BCUT2D eigenvalue weighted by Crippen LogP contribution is -2.15. The summed E-state index contributed by atoms with van der Waals surface area (Å²) in [6.45, 7) is 3.12. The van der Waals surface area contributed by atoms with Gasteiger partial charge in [0.2, 0.25) is 0 Å². The van der Waals surface area contributed by atoms with Crippen LogP contribution in [0.1, 0.15) is 39.0 Å². The lowest BCUT2D eigenvalue weighted by Gasteiger charge is -2.16. The minimum absolute atomic E-state index is 0.790. The molecule has 0 heterocycles. The van der Waals surface area contributed by atoms with E-state index in [4.69, 9.17) is 5.73 Å². The second-order valence-corrected chi connectivity index (χ2v) is 3.62. The van der Waals surface area contributed by atoms with Gasteiger partial charge in [-0.3, -0.25) is 0 Å². The number of hydrogen-bond acceptors (Lipinski definition) is 1. The maximum atomic E-state index is 5.65. The molecule has 64 valence electrons. The summed E-state index contributed by atoms with van der Waals surface area (Å²) in [7, 11) is 0. The third-order valence-electron chi connectivity index (χ3n) is 2.59. The zero-order valence-corrected chi connectivity index (χ0v) is 7.47. The Hall–Kier alpha value is -0.300. The lowest BCUT2D eigenvalue weighted by atomic mass is 9.91. The zero-order chi connectivity index (χ0) is 8.10. The zero-order valence-electron chi connectivity index (χ0n) is 7.47. The third-order valence-corrected chi connectivity index (χ3v) is 2.59. The van der Waals surface area contributed by atoms with Crippen molar-refractivity contribution in [3.63, 3.8) is 0 Å². The van der Waals surface area contributed by atoms with Crippen molar-refractivity contribution in [3.8, 4) is 0 Å². The molecule has 0 fully saturated rings. The van der Waals surface area contributed by atoms with Crippen molar-refractivity contribution in [2.24, 2.45) is 11.7 Å². The molecule has 0 aromatic carbocycles. The van der Waals surface area contributed by atoms with Crippen LogP contribution in [-0.4, -0.2) is 6.54 Å². The number of nitrogens with two attached hydrogens (primary N) is 1. The molecule has 1 heteroatoms. The van der Waals surface area contributed by atoms with Crippen LogP contribution in [0.3, 0.4) is 0 Å². The molecule has 11 heavy (non-hydrogen) atoms. The van der Waals surface area contributed by atoms with E-state index in [-0.39, 0.29) is 0 Å². The largest absolute Gasteiger partial charge is 0.330 e. The van der Waals surface area contributed by atoms with Crippen LogP contribution in [0.4, 0.5) is 0 Å². The lowest BCUT2D eigenvalue weighted by molar-refractivity contribution is 0.439. The van der Waals surface area contributed by atoms with Crippen LogP contribution in [0.2, 0.25) is 0 Å². The first-order valence-electron chi connectivity index (χ1n) is 4.68. The highest BCUT2D eigenvalue weighted by Gasteiger charge is 2.08. The fraction of sp³-hybridized carbons (Fsp3) is 0.800. The van der Waals surface area contributed by atoms with E-state index in [0.717, 1.165) is 12.5 Å². The molecular formula is C10H19N. The molecule has 0 radical (unpaired) electrons. The van der Waals surface area contributed by atoms with Crippen molar-refractivity contribution in [2.75, 3.05) is 6.54 Å². The molecule has 0 saturated carbocycles. The Balaban J connectivity index is 2.38. The molecule has 0 amide bonds. The Labute approximate surface area is 69.7 Å². The summed E-state index contributed by atoms with van der Waals surface area (Å²) < 4.78 is 0. The Morgan fingerprint density at radius 3 is 3.09 bits per heavy atom. The topological polar surface area (TPSA) is 26.0 Å². The van der Waals surface area contributed by atoms with Crippen molar-refractivity contribution in [2.45, 2.75) is 39.0 Å². The summed E-state index contributed by atoms with van der Waals surface area (Å²) in [6.07, 6.45) is 8.88. The van der Waals surface area contributed by atoms with E-state index in [0.29, 0.717) is 0 Å². The van der Waals surface area contributed by atoms with E-state index < -0.39 is 0 Å². The van der Waals surface area contributed by atoms with Gasteiger partial charge >= 0.3 is 0 Å². The van der Waals surface area contributed by atoms with Crippen LogP contribution in [0.15, 0.2) is 11.6 Å². The van der Waals surface area contributed by atoms with Gasteiger partial charge in [0.15, 0.2) is 0 Å². The first-order chi connectivity index (χ1) is 5.33. The maximum Gasteiger partial charge on any atom is -0.00488 e. The third kappa shape index (κ3) is 3.06. The summed E-state index contributed by atoms with van der Waals surface area (Å²) >= 11 is 0. The van der Waals surface area contributed by atoms with Gasteiger partial charge in [0, 0.05) is 0 Å². The standard InChI is InChI=1S/C10H19N/c1-9-4-2-3-5-10(8-11)7-6-9/h4,10H,2-3,5-8,11H2,1H3/b9-4+. The molecule has 1 aliphatic carbocycles. The van der Waals surface area contributed by atoms with E-state index >= 15 is 0 Å². The fourth-order valence-electron chi connectivity index (χ4n) is 1.67. The van der Waals surface area contributed by atoms with Gasteiger partial charge in [0.05, 0.1) is 0 Å². The summed E-state index contributed by atoms with van der Waals surface area (Å²) in [5.74, 6) is 0.790. The molecule has 0 bridgehead atoms.